The fraction of sp³-hybridized carbons (Fsp3) is 0.111. The molecule has 1 heterocycles. The highest BCUT2D eigenvalue weighted by Gasteiger charge is 2.39. The highest BCUT2D eigenvalue weighted by Crippen LogP contribution is 2.32. The zero-order valence-electron chi connectivity index (χ0n) is 13.1. The number of carbonyl (C=O) groups excluding carboxylic acids is 2. The van der Waals surface area contributed by atoms with Crippen LogP contribution in [0.2, 0.25) is 5.02 Å². The summed E-state index contributed by atoms with van der Waals surface area (Å²) in [4.78, 5) is 26.1. The molecule has 0 saturated carbocycles. The SMILES string of the molecule is Cc1cccc(NC2=C(Cl)C(=O)N(c3cccc(Cl)c3)C2=O)c1C. The first kappa shape index (κ1) is 16.6. The molecular weight excluding hydrogens is 347 g/mol. The van der Waals surface area contributed by atoms with Crippen LogP contribution in [-0.4, -0.2) is 11.8 Å². The predicted molar refractivity (Wildman–Crippen MR) is 96.4 cm³/mol. The van der Waals surface area contributed by atoms with Gasteiger partial charge in [-0.05, 0) is 49.2 Å². The van der Waals surface area contributed by atoms with E-state index in [0.29, 0.717) is 10.7 Å². The largest absolute Gasteiger partial charge is 0.349 e. The van der Waals surface area contributed by atoms with E-state index in [0.717, 1.165) is 21.7 Å². The summed E-state index contributed by atoms with van der Waals surface area (Å²) in [5.74, 6) is -1.08. The van der Waals surface area contributed by atoms with Crippen LogP contribution in [0.4, 0.5) is 11.4 Å². The minimum absolute atomic E-state index is 0.0651. The van der Waals surface area contributed by atoms with Crippen molar-refractivity contribution in [2.24, 2.45) is 0 Å². The predicted octanol–water partition coefficient (Wildman–Crippen LogP) is 4.39. The quantitative estimate of drug-likeness (QED) is 0.825. The standard InChI is InChI=1S/C18H14Cl2N2O2/c1-10-5-3-8-14(11(10)2)21-16-15(20)17(23)22(18(16)24)13-7-4-6-12(19)9-13/h3-9,21H,1-2H3. The molecule has 0 aliphatic carbocycles. The zero-order valence-corrected chi connectivity index (χ0v) is 14.6. The molecule has 2 amide bonds. The summed E-state index contributed by atoms with van der Waals surface area (Å²) in [5.41, 5.74) is 3.23. The van der Waals surface area contributed by atoms with Crippen LogP contribution in [0.3, 0.4) is 0 Å². The Morgan fingerprint density at radius 3 is 2.38 bits per heavy atom. The van der Waals surface area contributed by atoms with Gasteiger partial charge < -0.3 is 5.32 Å². The lowest BCUT2D eigenvalue weighted by molar-refractivity contribution is -0.120. The molecule has 2 aromatic rings. The van der Waals surface area contributed by atoms with Crippen molar-refractivity contribution in [3.8, 4) is 0 Å². The van der Waals surface area contributed by atoms with Crippen LogP contribution >= 0.6 is 23.2 Å². The van der Waals surface area contributed by atoms with Crippen molar-refractivity contribution in [3.63, 3.8) is 0 Å². The fourth-order valence-corrected chi connectivity index (χ4v) is 2.88. The molecule has 1 N–H and O–H groups in total. The molecule has 0 saturated heterocycles. The third-order valence-electron chi connectivity index (χ3n) is 3.96. The summed E-state index contributed by atoms with van der Waals surface area (Å²) in [6.45, 7) is 3.90. The maximum Gasteiger partial charge on any atom is 0.283 e. The van der Waals surface area contributed by atoms with Gasteiger partial charge in [0.1, 0.15) is 10.7 Å². The topological polar surface area (TPSA) is 49.4 Å². The van der Waals surface area contributed by atoms with E-state index in [1.807, 2.05) is 32.0 Å². The summed E-state index contributed by atoms with van der Waals surface area (Å²) in [6.07, 6.45) is 0. The molecule has 1 aliphatic heterocycles. The first-order valence-electron chi connectivity index (χ1n) is 7.27. The maximum absolute atomic E-state index is 12.7. The molecule has 6 heteroatoms. The smallest absolute Gasteiger partial charge is 0.283 e. The Morgan fingerprint density at radius 1 is 0.958 bits per heavy atom. The second-order valence-electron chi connectivity index (χ2n) is 5.49. The van der Waals surface area contributed by atoms with Crippen molar-refractivity contribution in [2.45, 2.75) is 13.8 Å². The molecule has 4 nitrogen and oxygen atoms in total. The van der Waals surface area contributed by atoms with Crippen molar-refractivity contribution in [1.29, 1.82) is 0 Å². The Kier molecular flexibility index (Phi) is 4.35. The number of anilines is 2. The molecule has 0 fully saturated rings. The summed E-state index contributed by atoms with van der Waals surface area (Å²) >= 11 is 12.1. The minimum Gasteiger partial charge on any atom is -0.349 e. The van der Waals surface area contributed by atoms with E-state index in [1.54, 1.807) is 24.3 Å². The molecule has 0 unspecified atom stereocenters. The molecule has 24 heavy (non-hydrogen) atoms. The number of halogens is 2. The van der Waals surface area contributed by atoms with Crippen LogP contribution in [-0.2, 0) is 9.59 Å². The van der Waals surface area contributed by atoms with Crippen molar-refractivity contribution in [1.82, 2.24) is 0 Å². The van der Waals surface area contributed by atoms with E-state index >= 15 is 0 Å². The number of nitrogens with one attached hydrogen (secondary N) is 1. The summed E-state index contributed by atoms with van der Waals surface area (Å²) in [7, 11) is 0. The van der Waals surface area contributed by atoms with Crippen molar-refractivity contribution >= 4 is 46.4 Å². The van der Waals surface area contributed by atoms with Gasteiger partial charge in [0.2, 0.25) is 0 Å². The number of benzene rings is 2. The lowest BCUT2D eigenvalue weighted by Gasteiger charge is -2.16. The molecule has 2 aromatic carbocycles. The van der Waals surface area contributed by atoms with Crippen LogP contribution in [0.5, 0.6) is 0 Å². The zero-order chi connectivity index (χ0) is 17.4. The average Bonchev–Trinajstić information content (AvgIpc) is 2.75. The van der Waals surface area contributed by atoms with Crippen molar-refractivity contribution < 1.29 is 9.59 Å². The fourth-order valence-electron chi connectivity index (χ4n) is 2.48. The van der Waals surface area contributed by atoms with E-state index in [1.165, 1.54) is 0 Å². The summed E-state index contributed by atoms with van der Waals surface area (Å²) in [5, 5.41) is 3.29. The van der Waals surface area contributed by atoms with Crippen LogP contribution in [0.1, 0.15) is 11.1 Å². The van der Waals surface area contributed by atoms with Gasteiger partial charge in [-0.2, -0.15) is 0 Å². The molecule has 0 spiro atoms. The lowest BCUT2D eigenvalue weighted by Crippen LogP contribution is -2.32. The van der Waals surface area contributed by atoms with Gasteiger partial charge in [-0.15, -0.1) is 0 Å². The van der Waals surface area contributed by atoms with Crippen molar-refractivity contribution in [2.75, 3.05) is 10.2 Å². The number of nitrogens with zero attached hydrogens (tertiary/aromatic N) is 1. The number of hydrogen-bond acceptors (Lipinski definition) is 3. The van der Waals surface area contributed by atoms with E-state index < -0.39 is 11.8 Å². The van der Waals surface area contributed by atoms with Crippen LogP contribution in [0.25, 0.3) is 0 Å². The number of amides is 2. The Bertz CT molecular complexity index is 890. The van der Waals surface area contributed by atoms with Crippen LogP contribution in [0, 0.1) is 13.8 Å². The van der Waals surface area contributed by atoms with E-state index in [9.17, 15) is 9.59 Å². The van der Waals surface area contributed by atoms with Gasteiger partial charge >= 0.3 is 0 Å². The van der Waals surface area contributed by atoms with Gasteiger partial charge in [-0.25, -0.2) is 4.90 Å². The summed E-state index contributed by atoms with van der Waals surface area (Å²) in [6, 6.07) is 12.2. The van der Waals surface area contributed by atoms with Gasteiger partial charge in [0.15, 0.2) is 0 Å². The first-order valence-corrected chi connectivity index (χ1v) is 8.03. The Labute approximate surface area is 149 Å². The first-order chi connectivity index (χ1) is 11.4. The van der Waals surface area contributed by atoms with Crippen LogP contribution < -0.4 is 10.2 Å². The highest BCUT2D eigenvalue weighted by molar-refractivity contribution is 6.53. The normalized spacial score (nSPS) is 14.6. The average molecular weight is 361 g/mol. The second kappa shape index (κ2) is 6.30. The van der Waals surface area contributed by atoms with E-state index in [-0.39, 0.29) is 10.7 Å². The third-order valence-corrected chi connectivity index (χ3v) is 4.54. The summed E-state index contributed by atoms with van der Waals surface area (Å²) < 4.78 is 0. The second-order valence-corrected chi connectivity index (χ2v) is 6.30. The Balaban J connectivity index is 1.96. The van der Waals surface area contributed by atoms with E-state index in [2.05, 4.69) is 5.32 Å². The van der Waals surface area contributed by atoms with Gasteiger partial charge in [-0.1, -0.05) is 41.4 Å². The van der Waals surface area contributed by atoms with Crippen molar-refractivity contribution in [3.05, 3.63) is 69.3 Å². The van der Waals surface area contributed by atoms with E-state index in [4.69, 9.17) is 23.2 Å². The number of rotatable bonds is 3. The monoisotopic (exact) mass is 360 g/mol. The third kappa shape index (κ3) is 2.79. The number of carbonyl (C=O) groups is 2. The number of imide groups is 1. The molecule has 3 rings (SSSR count). The Hall–Kier alpha value is -2.30. The minimum atomic E-state index is -0.572. The maximum atomic E-state index is 12.7. The van der Waals surface area contributed by atoms with Gasteiger partial charge in [-0.3, -0.25) is 9.59 Å². The lowest BCUT2D eigenvalue weighted by atomic mass is 10.1. The molecule has 0 atom stereocenters. The molecule has 0 bridgehead atoms. The highest BCUT2D eigenvalue weighted by atomic mass is 35.5. The van der Waals surface area contributed by atoms with Gasteiger partial charge in [0.05, 0.1) is 5.69 Å². The van der Waals surface area contributed by atoms with Gasteiger partial charge in [0, 0.05) is 10.7 Å². The molecule has 0 radical (unpaired) electrons. The molecule has 1 aliphatic rings. The Morgan fingerprint density at radius 2 is 1.67 bits per heavy atom. The van der Waals surface area contributed by atoms with Crippen LogP contribution in [0.15, 0.2) is 53.2 Å². The molecular formula is C18H14Cl2N2O2. The van der Waals surface area contributed by atoms with Gasteiger partial charge in [0.25, 0.3) is 11.8 Å². The number of aryl methyl sites for hydroxylation is 1. The number of hydrogen-bond donors (Lipinski definition) is 1. The molecule has 122 valence electrons. The molecule has 0 aromatic heterocycles.